The quantitative estimate of drug-likeness (QED) is 0.660. The number of carbonyl (C=O) groups excluding carboxylic acids is 2. The first-order valence-corrected chi connectivity index (χ1v) is 10.3. The van der Waals surface area contributed by atoms with Crippen molar-refractivity contribution in [1.82, 2.24) is 14.7 Å². The van der Waals surface area contributed by atoms with Crippen molar-refractivity contribution in [2.24, 2.45) is 0 Å². The molecule has 3 heterocycles. The predicted molar refractivity (Wildman–Crippen MR) is 105 cm³/mol. The Morgan fingerprint density at radius 2 is 1.76 bits per heavy atom. The van der Waals surface area contributed by atoms with Crippen molar-refractivity contribution in [2.45, 2.75) is 76.7 Å². The molecule has 0 radical (unpaired) electrons. The number of esters is 1. The number of carboxylic acid groups (broad SMARTS) is 1. The lowest BCUT2D eigenvalue weighted by molar-refractivity contribution is -0.156. The van der Waals surface area contributed by atoms with Crippen LogP contribution in [0.1, 0.15) is 53.9 Å². The predicted octanol–water partition coefficient (Wildman–Crippen LogP) is 2.15. The first kappa shape index (κ1) is 21.7. The Bertz CT molecular complexity index is 680. The number of hydrogen-bond donors (Lipinski definition) is 1. The van der Waals surface area contributed by atoms with E-state index in [9.17, 15) is 19.5 Å². The standard InChI is InChI=1S/C20H33N3O6/c1-18(2,3)29-17(27)21-8-6-14(7-9-21)22-10-11-23(16(25)26)20(13-22)12-19(4,5)28-15(20)24/h14H,6-13H2,1-5H3,(H,25,26). The van der Waals surface area contributed by atoms with Gasteiger partial charge < -0.3 is 19.5 Å². The number of nitrogens with zero attached hydrogens (tertiary/aromatic N) is 3. The molecule has 1 N–H and O–H groups in total. The highest BCUT2D eigenvalue weighted by Gasteiger charge is 2.60. The molecule has 3 fully saturated rings. The molecular formula is C20H33N3O6. The summed E-state index contributed by atoms with van der Waals surface area (Å²) >= 11 is 0. The van der Waals surface area contributed by atoms with E-state index < -0.39 is 28.8 Å². The Morgan fingerprint density at radius 3 is 2.24 bits per heavy atom. The number of ether oxygens (including phenoxy) is 2. The van der Waals surface area contributed by atoms with Gasteiger partial charge in [0.15, 0.2) is 5.54 Å². The molecule has 0 aromatic heterocycles. The second kappa shape index (κ2) is 7.34. The molecule has 0 bridgehead atoms. The number of carbonyl (C=O) groups is 3. The molecule has 3 aliphatic heterocycles. The van der Waals surface area contributed by atoms with Gasteiger partial charge in [0.05, 0.1) is 0 Å². The maximum absolute atomic E-state index is 12.8. The van der Waals surface area contributed by atoms with Gasteiger partial charge in [0.1, 0.15) is 11.2 Å². The highest BCUT2D eigenvalue weighted by Crippen LogP contribution is 2.41. The summed E-state index contributed by atoms with van der Waals surface area (Å²) in [6.07, 6.45) is 0.489. The summed E-state index contributed by atoms with van der Waals surface area (Å²) in [7, 11) is 0. The summed E-state index contributed by atoms with van der Waals surface area (Å²) in [4.78, 5) is 42.1. The number of amides is 2. The minimum atomic E-state index is -1.16. The smallest absolute Gasteiger partial charge is 0.410 e. The summed E-state index contributed by atoms with van der Waals surface area (Å²) in [5.41, 5.74) is -2.37. The number of piperidine rings is 1. The minimum absolute atomic E-state index is 0.193. The van der Waals surface area contributed by atoms with Crippen LogP contribution in [0.5, 0.6) is 0 Å². The zero-order chi connectivity index (χ0) is 21.6. The normalized spacial score (nSPS) is 28.5. The van der Waals surface area contributed by atoms with Crippen LogP contribution < -0.4 is 0 Å². The largest absolute Gasteiger partial charge is 0.465 e. The second-order valence-corrected chi connectivity index (χ2v) is 9.96. The number of cyclic esters (lactones) is 1. The Hall–Kier alpha value is -2.03. The lowest BCUT2D eigenvalue weighted by Crippen LogP contribution is -2.68. The van der Waals surface area contributed by atoms with Crippen molar-refractivity contribution in [2.75, 3.05) is 32.7 Å². The number of piperazine rings is 1. The number of rotatable bonds is 1. The molecule has 164 valence electrons. The van der Waals surface area contributed by atoms with E-state index in [4.69, 9.17) is 9.47 Å². The zero-order valence-electron chi connectivity index (χ0n) is 18.1. The van der Waals surface area contributed by atoms with Crippen LogP contribution in [0.3, 0.4) is 0 Å². The van der Waals surface area contributed by atoms with Gasteiger partial charge in [0, 0.05) is 45.2 Å². The molecule has 1 spiro atoms. The maximum Gasteiger partial charge on any atom is 0.410 e. The van der Waals surface area contributed by atoms with Crippen molar-refractivity contribution >= 4 is 18.2 Å². The molecule has 3 aliphatic rings. The average Bonchev–Trinajstić information content (AvgIpc) is 2.81. The van der Waals surface area contributed by atoms with Gasteiger partial charge in [-0.2, -0.15) is 0 Å². The summed E-state index contributed by atoms with van der Waals surface area (Å²) in [6, 6.07) is 0.193. The van der Waals surface area contributed by atoms with Crippen LogP contribution in [0.25, 0.3) is 0 Å². The van der Waals surface area contributed by atoms with E-state index in [2.05, 4.69) is 4.90 Å². The van der Waals surface area contributed by atoms with E-state index in [1.54, 1.807) is 4.90 Å². The molecule has 2 amide bonds. The summed E-state index contributed by atoms with van der Waals surface area (Å²) < 4.78 is 11.0. The highest BCUT2D eigenvalue weighted by molar-refractivity contribution is 5.88. The van der Waals surface area contributed by atoms with E-state index in [0.29, 0.717) is 32.6 Å². The molecule has 29 heavy (non-hydrogen) atoms. The zero-order valence-corrected chi connectivity index (χ0v) is 18.1. The third-order valence-electron chi connectivity index (χ3n) is 5.92. The summed E-state index contributed by atoms with van der Waals surface area (Å²) in [5, 5.41) is 9.68. The summed E-state index contributed by atoms with van der Waals surface area (Å²) in [5.74, 6) is -0.458. The summed E-state index contributed by atoms with van der Waals surface area (Å²) in [6.45, 7) is 11.5. The first-order valence-electron chi connectivity index (χ1n) is 10.3. The van der Waals surface area contributed by atoms with Gasteiger partial charge >= 0.3 is 18.2 Å². The Kier molecular flexibility index (Phi) is 5.49. The van der Waals surface area contributed by atoms with Crippen molar-refractivity contribution < 1.29 is 29.0 Å². The Labute approximate surface area is 171 Å². The molecule has 3 rings (SSSR count). The van der Waals surface area contributed by atoms with Gasteiger partial charge in [-0.05, 0) is 47.5 Å². The lowest BCUT2D eigenvalue weighted by Gasteiger charge is -2.49. The van der Waals surface area contributed by atoms with Crippen molar-refractivity contribution in [1.29, 1.82) is 0 Å². The fraction of sp³-hybridized carbons (Fsp3) is 0.850. The Morgan fingerprint density at radius 1 is 1.14 bits per heavy atom. The topological polar surface area (TPSA) is 99.6 Å². The van der Waals surface area contributed by atoms with Crippen LogP contribution in [0.2, 0.25) is 0 Å². The van der Waals surface area contributed by atoms with Crippen LogP contribution in [0, 0.1) is 0 Å². The Balaban J connectivity index is 1.67. The van der Waals surface area contributed by atoms with Crippen LogP contribution in [0.15, 0.2) is 0 Å². The van der Waals surface area contributed by atoms with Gasteiger partial charge in [0.25, 0.3) is 0 Å². The molecule has 3 saturated heterocycles. The maximum atomic E-state index is 12.8. The van der Waals surface area contributed by atoms with Crippen LogP contribution in [-0.4, -0.2) is 93.5 Å². The van der Waals surface area contributed by atoms with Crippen molar-refractivity contribution in [3.8, 4) is 0 Å². The molecule has 1 atom stereocenters. The van der Waals surface area contributed by atoms with Gasteiger partial charge in [-0.3, -0.25) is 9.80 Å². The molecule has 9 nitrogen and oxygen atoms in total. The fourth-order valence-corrected chi connectivity index (χ4v) is 4.76. The van der Waals surface area contributed by atoms with Gasteiger partial charge in [0.2, 0.25) is 0 Å². The molecule has 1 unspecified atom stereocenters. The third kappa shape index (κ3) is 4.44. The van der Waals surface area contributed by atoms with Gasteiger partial charge in [-0.15, -0.1) is 0 Å². The van der Waals surface area contributed by atoms with Gasteiger partial charge in [-0.1, -0.05) is 0 Å². The molecule has 0 aromatic rings. The van der Waals surface area contributed by atoms with Gasteiger partial charge in [-0.25, -0.2) is 14.4 Å². The molecular weight excluding hydrogens is 378 g/mol. The van der Waals surface area contributed by atoms with Crippen LogP contribution in [-0.2, 0) is 14.3 Å². The van der Waals surface area contributed by atoms with E-state index >= 15 is 0 Å². The molecule has 9 heteroatoms. The second-order valence-electron chi connectivity index (χ2n) is 9.96. The van der Waals surface area contributed by atoms with Crippen LogP contribution >= 0.6 is 0 Å². The molecule has 0 saturated carbocycles. The van der Waals surface area contributed by atoms with E-state index in [1.165, 1.54) is 4.90 Å². The average molecular weight is 411 g/mol. The fourth-order valence-electron chi connectivity index (χ4n) is 4.76. The number of hydrogen-bond acceptors (Lipinski definition) is 6. The van der Waals surface area contributed by atoms with E-state index in [1.807, 2.05) is 34.6 Å². The SMILES string of the molecule is CC(C)(C)OC(=O)N1CCC(N2CCN(C(=O)O)C3(C2)CC(C)(C)OC3=O)CC1. The van der Waals surface area contributed by atoms with Crippen molar-refractivity contribution in [3.63, 3.8) is 0 Å². The molecule has 0 aromatic carbocycles. The lowest BCUT2D eigenvalue weighted by atomic mass is 9.85. The van der Waals surface area contributed by atoms with E-state index in [-0.39, 0.29) is 18.7 Å². The van der Waals surface area contributed by atoms with Crippen LogP contribution in [0.4, 0.5) is 9.59 Å². The first-order chi connectivity index (χ1) is 13.3. The third-order valence-corrected chi connectivity index (χ3v) is 5.92. The van der Waals surface area contributed by atoms with Crippen molar-refractivity contribution in [3.05, 3.63) is 0 Å². The van der Waals surface area contributed by atoms with E-state index in [0.717, 1.165) is 12.8 Å². The molecule has 0 aliphatic carbocycles. The highest BCUT2D eigenvalue weighted by atomic mass is 16.6. The minimum Gasteiger partial charge on any atom is -0.465 e. The number of likely N-dealkylation sites (tertiary alicyclic amines) is 1. The monoisotopic (exact) mass is 411 g/mol.